The van der Waals surface area contributed by atoms with Crippen molar-refractivity contribution in [2.24, 2.45) is 0 Å². The smallest absolute Gasteiger partial charge is 0.383 e. The average Bonchev–Trinajstić information content (AvgIpc) is 2.60. The van der Waals surface area contributed by atoms with Crippen molar-refractivity contribution < 1.29 is 27.6 Å². The van der Waals surface area contributed by atoms with E-state index in [0.717, 1.165) is 11.3 Å². The minimum atomic E-state index is -3.50. The highest BCUT2D eigenvalue weighted by Crippen LogP contribution is 2.28. The molecule has 8 heteroatoms. The molecule has 0 N–H and O–H groups in total. The van der Waals surface area contributed by atoms with Crippen molar-refractivity contribution >= 4 is 22.6 Å². The zero-order valence-corrected chi connectivity index (χ0v) is 16.8. The van der Waals surface area contributed by atoms with Crippen molar-refractivity contribution in [3.63, 3.8) is 0 Å². The van der Waals surface area contributed by atoms with Gasteiger partial charge in [-0.3, -0.25) is 0 Å². The van der Waals surface area contributed by atoms with Gasteiger partial charge in [-0.05, 0) is 31.5 Å². The third-order valence-electron chi connectivity index (χ3n) is 3.65. The van der Waals surface area contributed by atoms with Gasteiger partial charge < -0.3 is 24.1 Å². The molecule has 0 radical (unpaired) electrons. The Morgan fingerprint density at radius 2 is 1.80 bits per heavy atom. The number of nitrogens with zero attached hydrogens (tertiary/aromatic N) is 1. The number of hydrogen-bond acceptors (Lipinski definition) is 4. The Morgan fingerprint density at radius 3 is 2.32 bits per heavy atom. The van der Waals surface area contributed by atoms with Crippen LogP contribution in [0.25, 0.3) is 0 Å². The van der Waals surface area contributed by atoms with Gasteiger partial charge in [-0.1, -0.05) is 12.1 Å². The van der Waals surface area contributed by atoms with E-state index < -0.39 is 10.8 Å². The molecule has 0 aliphatic carbocycles. The van der Waals surface area contributed by atoms with Gasteiger partial charge in [0.25, 0.3) is 0 Å². The summed E-state index contributed by atoms with van der Waals surface area (Å²) in [5.41, 5.74) is 0.904. The molecular formula is C17H24F2INO4. The summed E-state index contributed by atoms with van der Waals surface area (Å²) in [5, 5.41) is 12.2. The summed E-state index contributed by atoms with van der Waals surface area (Å²) < 4.78 is 41.7. The summed E-state index contributed by atoms with van der Waals surface area (Å²) in [6, 6.07) is 7.26. The topological polar surface area (TPSA) is 50.8 Å². The molecule has 0 aliphatic rings. The number of methoxy groups -OCH3 is 1. The van der Waals surface area contributed by atoms with Crippen LogP contribution in [0.2, 0.25) is 0 Å². The molecule has 0 saturated heterocycles. The monoisotopic (exact) mass is 471 g/mol. The molecular weight excluding hydrogens is 447 g/mol. The van der Waals surface area contributed by atoms with Crippen LogP contribution in [0.4, 0.5) is 8.78 Å². The third-order valence-corrected chi connectivity index (χ3v) is 4.84. The zero-order chi connectivity index (χ0) is 18.9. The van der Waals surface area contributed by atoms with Gasteiger partial charge >= 0.3 is 6.11 Å². The van der Waals surface area contributed by atoms with Crippen LogP contribution in [-0.4, -0.2) is 44.2 Å². The SMILES string of the molecule is CC[N+]([O-])(CC)/C(I)=C/C(F)(F)OCCOCc1ccc(OC)cc1. The minimum absolute atomic E-state index is 0.00625. The standard InChI is InChI=1S/C17H24F2INO4/c1-4-21(22,5-2)16(20)12-17(18,19)25-11-10-24-13-14-6-8-15(23-3)9-7-14/h6-9,12H,4-5,10-11,13H2,1-3H3/b16-12+. The summed E-state index contributed by atoms with van der Waals surface area (Å²) in [6.45, 7) is 3.73. The van der Waals surface area contributed by atoms with Crippen LogP contribution in [0.15, 0.2) is 34.0 Å². The van der Waals surface area contributed by atoms with Crippen LogP contribution in [-0.2, 0) is 16.1 Å². The number of hydroxylamine groups is 3. The van der Waals surface area contributed by atoms with Gasteiger partial charge in [0.2, 0.25) is 0 Å². The molecule has 0 unspecified atom stereocenters. The normalized spacial score (nSPS) is 13.2. The Kier molecular flexibility index (Phi) is 9.22. The van der Waals surface area contributed by atoms with Crippen LogP contribution >= 0.6 is 22.6 Å². The molecule has 0 aromatic heterocycles. The lowest BCUT2D eigenvalue weighted by Crippen LogP contribution is -2.39. The second kappa shape index (κ2) is 10.4. The van der Waals surface area contributed by atoms with Crippen molar-refractivity contribution in [3.05, 3.63) is 44.8 Å². The van der Waals surface area contributed by atoms with Gasteiger partial charge in [-0.2, -0.15) is 8.78 Å². The molecule has 0 heterocycles. The Labute approximate surface area is 160 Å². The predicted molar refractivity (Wildman–Crippen MR) is 100 cm³/mol. The van der Waals surface area contributed by atoms with Gasteiger partial charge in [-0.15, -0.1) is 0 Å². The first-order valence-electron chi connectivity index (χ1n) is 7.95. The summed E-state index contributed by atoms with van der Waals surface area (Å²) in [4.78, 5) is 0. The number of ether oxygens (including phenoxy) is 3. The quantitative estimate of drug-likeness (QED) is 0.157. The highest BCUT2D eigenvalue weighted by molar-refractivity contribution is 14.1. The van der Waals surface area contributed by atoms with E-state index in [0.29, 0.717) is 12.7 Å². The molecule has 142 valence electrons. The van der Waals surface area contributed by atoms with Crippen LogP contribution in [0.5, 0.6) is 5.75 Å². The first kappa shape index (κ1) is 22.2. The Hall–Kier alpha value is -0.810. The molecule has 0 bridgehead atoms. The average molecular weight is 471 g/mol. The van der Waals surface area contributed by atoms with Crippen molar-refractivity contribution in [1.82, 2.24) is 0 Å². The van der Waals surface area contributed by atoms with Crippen LogP contribution < -0.4 is 4.74 Å². The van der Waals surface area contributed by atoms with Crippen molar-refractivity contribution in [3.8, 4) is 5.75 Å². The largest absolute Gasteiger partial charge is 0.627 e. The molecule has 0 atom stereocenters. The fourth-order valence-electron chi connectivity index (χ4n) is 1.97. The van der Waals surface area contributed by atoms with Gasteiger partial charge in [0, 0.05) is 22.6 Å². The maximum Gasteiger partial charge on any atom is 0.383 e. The van der Waals surface area contributed by atoms with Gasteiger partial charge in [0.05, 0.1) is 46.1 Å². The van der Waals surface area contributed by atoms with E-state index in [9.17, 15) is 14.0 Å². The summed E-state index contributed by atoms with van der Waals surface area (Å²) in [6.07, 6.45) is -2.92. The Bertz CT molecular complexity index is 548. The van der Waals surface area contributed by atoms with Gasteiger partial charge in [0.1, 0.15) is 5.75 Å². The fraction of sp³-hybridized carbons (Fsp3) is 0.529. The highest BCUT2D eigenvalue weighted by Gasteiger charge is 2.31. The maximum atomic E-state index is 13.8. The molecule has 1 rings (SSSR count). The van der Waals surface area contributed by atoms with E-state index in [4.69, 9.17) is 9.47 Å². The third kappa shape index (κ3) is 7.53. The second-order valence-corrected chi connectivity index (χ2v) is 6.41. The number of benzene rings is 1. The number of hydrogen-bond donors (Lipinski definition) is 0. The summed E-state index contributed by atoms with van der Waals surface area (Å²) in [5.74, 6) is 0.736. The lowest BCUT2D eigenvalue weighted by Gasteiger charge is -2.40. The molecule has 0 aliphatic heterocycles. The number of halogens is 3. The molecule has 1 aromatic rings. The Balaban J connectivity index is 2.40. The molecule has 5 nitrogen and oxygen atoms in total. The van der Waals surface area contributed by atoms with E-state index >= 15 is 0 Å². The van der Waals surface area contributed by atoms with Gasteiger partial charge in [0.15, 0.2) is 3.70 Å². The molecule has 25 heavy (non-hydrogen) atoms. The second-order valence-electron chi connectivity index (χ2n) is 5.30. The lowest BCUT2D eigenvalue weighted by atomic mass is 10.2. The van der Waals surface area contributed by atoms with E-state index in [1.54, 1.807) is 55.7 Å². The molecule has 0 amide bonds. The van der Waals surface area contributed by atoms with Crippen LogP contribution in [0, 0.1) is 5.21 Å². The minimum Gasteiger partial charge on any atom is -0.627 e. The number of alkyl halides is 2. The lowest BCUT2D eigenvalue weighted by molar-refractivity contribution is -0.828. The van der Waals surface area contributed by atoms with Crippen LogP contribution in [0.3, 0.4) is 0 Å². The van der Waals surface area contributed by atoms with E-state index in [1.165, 1.54) is 0 Å². The number of rotatable bonds is 11. The molecule has 0 saturated carbocycles. The Morgan fingerprint density at radius 1 is 1.20 bits per heavy atom. The highest BCUT2D eigenvalue weighted by atomic mass is 127. The first-order valence-corrected chi connectivity index (χ1v) is 9.03. The molecule has 0 fully saturated rings. The van der Waals surface area contributed by atoms with Crippen molar-refractivity contribution in [2.75, 3.05) is 33.4 Å². The van der Waals surface area contributed by atoms with E-state index in [2.05, 4.69) is 4.74 Å². The van der Waals surface area contributed by atoms with Crippen molar-refractivity contribution in [1.29, 1.82) is 0 Å². The summed E-state index contributed by atoms with van der Waals surface area (Å²) in [7, 11) is 1.58. The number of quaternary nitrogens is 1. The first-order chi connectivity index (χ1) is 11.8. The fourth-order valence-corrected chi connectivity index (χ4v) is 3.02. The summed E-state index contributed by atoms with van der Waals surface area (Å²) >= 11 is 1.65. The maximum absolute atomic E-state index is 13.8. The zero-order valence-electron chi connectivity index (χ0n) is 14.6. The predicted octanol–water partition coefficient (Wildman–Crippen LogP) is 4.45. The van der Waals surface area contributed by atoms with E-state index in [1.807, 2.05) is 12.1 Å². The van der Waals surface area contributed by atoms with E-state index in [-0.39, 0.29) is 30.0 Å². The molecule has 0 spiro atoms. The molecule has 1 aromatic carbocycles. The van der Waals surface area contributed by atoms with Crippen molar-refractivity contribution in [2.45, 2.75) is 26.6 Å². The van der Waals surface area contributed by atoms with Gasteiger partial charge in [-0.25, -0.2) is 0 Å². The van der Waals surface area contributed by atoms with Crippen LogP contribution in [0.1, 0.15) is 19.4 Å².